The molecular formula is C35H51NO4Si. The monoisotopic (exact) mass is 577 g/mol. The Bertz CT molecular complexity index is 1180. The molecule has 41 heavy (non-hydrogen) atoms. The van der Waals surface area contributed by atoms with E-state index in [2.05, 4.69) is 88.5 Å². The zero-order valence-electron chi connectivity index (χ0n) is 26.7. The van der Waals surface area contributed by atoms with Crippen molar-refractivity contribution in [2.75, 3.05) is 13.1 Å². The topological polar surface area (TPSA) is 55.8 Å². The first kappa shape index (κ1) is 32.6. The maximum Gasteiger partial charge on any atom is 0.411 e. The van der Waals surface area contributed by atoms with Crippen LogP contribution in [0.25, 0.3) is 0 Å². The molecule has 0 spiro atoms. The minimum atomic E-state index is -2.09. The second kappa shape index (κ2) is 13.4. The summed E-state index contributed by atoms with van der Waals surface area (Å²) >= 11 is 0. The van der Waals surface area contributed by atoms with E-state index >= 15 is 0 Å². The van der Waals surface area contributed by atoms with E-state index in [1.165, 1.54) is 15.7 Å². The highest BCUT2D eigenvalue weighted by atomic mass is 28.3. The van der Waals surface area contributed by atoms with E-state index in [0.29, 0.717) is 12.5 Å². The SMILES string of the molecule is C/C=C(/CN(CC(=O)O[C@@H]1C[C@H](C)CC[C@H]1C(C)(C)c1ccccc1)C(=O)OC(C)(C)C)[Si](C)(C)c1ccccc1. The third-order valence-corrected chi connectivity index (χ3v) is 12.6. The third-order valence-electron chi connectivity index (χ3n) is 8.76. The number of rotatable bonds is 9. The second-order valence-electron chi connectivity index (χ2n) is 13.8. The maximum absolute atomic E-state index is 13.6. The van der Waals surface area contributed by atoms with Gasteiger partial charge in [0, 0.05) is 12.5 Å². The van der Waals surface area contributed by atoms with Gasteiger partial charge in [0.1, 0.15) is 26.3 Å². The molecule has 1 saturated carbocycles. The van der Waals surface area contributed by atoms with Crippen molar-refractivity contribution in [2.45, 2.75) is 97.9 Å². The summed E-state index contributed by atoms with van der Waals surface area (Å²) in [5.41, 5.74) is 0.424. The van der Waals surface area contributed by atoms with Crippen LogP contribution in [-0.2, 0) is 19.7 Å². The van der Waals surface area contributed by atoms with E-state index < -0.39 is 19.8 Å². The van der Waals surface area contributed by atoms with E-state index in [0.717, 1.165) is 24.5 Å². The van der Waals surface area contributed by atoms with Gasteiger partial charge in [-0.2, -0.15) is 0 Å². The molecule has 0 aromatic heterocycles. The first-order chi connectivity index (χ1) is 19.1. The van der Waals surface area contributed by atoms with Crippen LogP contribution >= 0.6 is 0 Å². The fraction of sp³-hybridized carbons (Fsp3) is 0.543. The lowest BCUT2D eigenvalue weighted by molar-refractivity contribution is -0.157. The normalized spacial score (nSPS) is 20.3. The van der Waals surface area contributed by atoms with Gasteiger partial charge in [0.15, 0.2) is 0 Å². The van der Waals surface area contributed by atoms with E-state index in [4.69, 9.17) is 9.47 Å². The molecule has 0 N–H and O–H groups in total. The number of carbonyl (C=O) groups excluding carboxylic acids is 2. The van der Waals surface area contributed by atoms with Crippen LogP contribution in [0.5, 0.6) is 0 Å². The summed E-state index contributed by atoms with van der Waals surface area (Å²) in [6, 6.07) is 20.9. The van der Waals surface area contributed by atoms with E-state index in [9.17, 15) is 9.59 Å². The molecule has 0 heterocycles. The van der Waals surface area contributed by atoms with Crippen molar-refractivity contribution >= 4 is 25.3 Å². The van der Waals surface area contributed by atoms with Crippen LogP contribution in [0.1, 0.15) is 73.3 Å². The molecule has 3 atom stereocenters. The maximum atomic E-state index is 13.6. The molecule has 224 valence electrons. The summed E-state index contributed by atoms with van der Waals surface area (Å²) in [5, 5.41) is 2.44. The fourth-order valence-corrected chi connectivity index (χ4v) is 8.84. The zero-order chi connectivity index (χ0) is 30.4. The molecule has 2 aromatic carbocycles. The third kappa shape index (κ3) is 8.57. The highest BCUT2D eigenvalue weighted by molar-refractivity contribution is 6.95. The van der Waals surface area contributed by atoms with Gasteiger partial charge in [0.2, 0.25) is 0 Å². The summed E-state index contributed by atoms with van der Waals surface area (Å²) in [5.74, 6) is 0.291. The number of amides is 1. The van der Waals surface area contributed by atoms with Gasteiger partial charge >= 0.3 is 12.1 Å². The van der Waals surface area contributed by atoms with Gasteiger partial charge in [0.25, 0.3) is 0 Å². The molecule has 5 nitrogen and oxygen atoms in total. The molecule has 1 aliphatic carbocycles. The highest BCUT2D eigenvalue weighted by Crippen LogP contribution is 2.43. The molecule has 2 aromatic rings. The minimum Gasteiger partial charge on any atom is -0.461 e. The number of ether oxygens (including phenoxy) is 2. The van der Waals surface area contributed by atoms with Crippen LogP contribution < -0.4 is 5.19 Å². The van der Waals surface area contributed by atoms with Crippen molar-refractivity contribution in [1.29, 1.82) is 0 Å². The number of allylic oxidation sites excluding steroid dienone is 1. The Morgan fingerprint density at radius 3 is 2.07 bits per heavy atom. The summed E-state index contributed by atoms with van der Waals surface area (Å²) < 4.78 is 12.1. The summed E-state index contributed by atoms with van der Waals surface area (Å²) in [6.45, 7) is 19.0. The lowest BCUT2D eigenvalue weighted by Crippen LogP contribution is -2.50. The number of hydrogen-bond donors (Lipinski definition) is 0. The summed E-state index contributed by atoms with van der Waals surface area (Å²) in [7, 11) is -2.09. The zero-order valence-corrected chi connectivity index (χ0v) is 27.7. The van der Waals surface area contributed by atoms with Gasteiger partial charge in [0.05, 0.1) is 0 Å². The predicted molar refractivity (Wildman–Crippen MR) is 171 cm³/mol. The summed E-state index contributed by atoms with van der Waals surface area (Å²) in [4.78, 5) is 28.6. The quantitative estimate of drug-likeness (QED) is 0.227. The van der Waals surface area contributed by atoms with E-state index in [1.54, 1.807) is 0 Å². The Balaban J connectivity index is 1.84. The molecule has 1 aliphatic rings. The molecule has 3 rings (SSSR count). The molecule has 6 heteroatoms. The lowest BCUT2D eigenvalue weighted by Gasteiger charge is -2.44. The van der Waals surface area contributed by atoms with Crippen LogP contribution in [0, 0.1) is 11.8 Å². The molecule has 0 saturated heterocycles. The number of carbonyl (C=O) groups is 2. The van der Waals surface area contributed by atoms with Crippen LogP contribution in [0.3, 0.4) is 0 Å². The number of benzene rings is 2. The smallest absolute Gasteiger partial charge is 0.411 e. The first-order valence-electron chi connectivity index (χ1n) is 15.1. The molecule has 0 bridgehead atoms. The van der Waals surface area contributed by atoms with Gasteiger partial charge in [-0.15, -0.1) is 0 Å². The molecule has 0 aliphatic heterocycles. The van der Waals surface area contributed by atoms with E-state index in [1.807, 2.05) is 39.8 Å². The van der Waals surface area contributed by atoms with Crippen molar-refractivity contribution < 1.29 is 19.1 Å². The van der Waals surface area contributed by atoms with Crippen LogP contribution in [0.4, 0.5) is 4.79 Å². The Kier molecular flexibility index (Phi) is 10.7. The van der Waals surface area contributed by atoms with Gasteiger partial charge in [-0.05, 0) is 57.4 Å². The van der Waals surface area contributed by atoms with Crippen LogP contribution in [0.2, 0.25) is 13.1 Å². The first-order valence-corrected chi connectivity index (χ1v) is 18.1. The van der Waals surface area contributed by atoms with Crippen LogP contribution in [0.15, 0.2) is 71.9 Å². The average Bonchev–Trinajstić information content (AvgIpc) is 2.90. The Morgan fingerprint density at radius 1 is 0.927 bits per heavy atom. The van der Waals surface area contributed by atoms with Crippen molar-refractivity contribution in [3.8, 4) is 0 Å². The Labute approximate surface area is 249 Å². The number of esters is 1. The fourth-order valence-electron chi connectivity index (χ4n) is 6.14. The van der Waals surface area contributed by atoms with Gasteiger partial charge in [-0.25, -0.2) is 4.79 Å². The second-order valence-corrected chi connectivity index (χ2v) is 18.3. The highest BCUT2D eigenvalue weighted by Gasteiger charge is 2.42. The number of nitrogens with zero attached hydrogens (tertiary/aromatic N) is 1. The average molecular weight is 578 g/mol. The molecule has 0 unspecified atom stereocenters. The van der Waals surface area contributed by atoms with E-state index in [-0.39, 0.29) is 30.0 Å². The minimum absolute atomic E-state index is 0.144. The Hall–Kier alpha value is -2.86. The number of hydrogen-bond acceptors (Lipinski definition) is 4. The molecule has 1 fully saturated rings. The summed E-state index contributed by atoms with van der Waals surface area (Å²) in [6.07, 6.45) is 4.33. The molecule has 1 amide bonds. The van der Waals surface area contributed by atoms with Crippen molar-refractivity contribution in [3.05, 3.63) is 77.5 Å². The molecular weight excluding hydrogens is 526 g/mol. The van der Waals surface area contributed by atoms with Crippen molar-refractivity contribution in [2.24, 2.45) is 11.8 Å². The van der Waals surface area contributed by atoms with Crippen LogP contribution in [-0.4, -0.2) is 49.8 Å². The lowest BCUT2D eigenvalue weighted by atomic mass is 9.64. The largest absolute Gasteiger partial charge is 0.461 e. The predicted octanol–water partition coefficient (Wildman–Crippen LogP) is 7.65. The van der Waals surface area contributed by atoms with Crippen molar-refractivity contribution in [3.63, 3.8) is 0 Å². The standard InChI is InChI=1S/C35H51NO4Si/c1-10-28(41(8,9)29-19-15-12-16-20-29)24-36(33(38)40-34(3,4)5)25-32(37)39-31-23-26(2)21-22-30(31)35(6,7)27-17-13-11-14-18-27/h10-20,26,30-31H,21-25H2,1-9H3/b28-10-/t26-,30-,31-/m1/s1. The Morgan fingerprint density at radius 2 is 1.51 bits per heavy atom. The molecule has 0 radical (unpaired) electrons. The van der Waals surface area contributed by atoms with Gasteiger partial charge in [-0.1, -0.05) is 117 Å². The van der Waals surface area contributed by atoms with Gasteiger partial charge < -0.3 is 9.47 Å². The van der Waals surface area contributed by atoms with Gasteiger partial charge in [-0.3, -0.25) is 9.69 Å². The van der Waals surface area contributed by atoms with Crippen molar-refractivity contribution in [1.82, 2.24) is 4.90 Å².